The van der Waals surface area contributed by atoms with E-state index in [1.807, 2.05) is 0 Å². The van der Waals surface area contributed by atoms with Gasteiger partial charge in [0.25, 0.3) is 0 Å². The number of amides is 1. The van der Waals surface area contributed by atoms with E-state index < -0.39 is 11.3 Å². The molecule has 7 nitrogen and oxygen atoms in total. The van der Waals surface area contributed by atoms with Crippen molar-refractivity contribution < 1.29 is 14.7 Å². The number of carbonyl (C=O) groups is 2. The summed E-state index contributed by atoms with van der Waals surface area (Å²) in [7, 11) is 0. The number of β-lactam (4-membered cyclic amide) rings is 1. The molecule has 8 heteroatoms. The Labute approximate surface area is 113 Å². The maximum absolute atomic E-state index is 12.2. The first-order valence-electron chi connectivity index (χ1n) is 5.98. The largest absolute Gasteiger partial charge is 0.477 e. The third-order valence-corrected chi connectivity index (χ3v) is 4.98. The summed E-state index contributed by atoms with van der Waals surface area (Å²) < 4.78 is 0. The number of hydrogen-bond donors (Lipinski definition) is 3. The zero-order chi connectivity index (χ0) is 13.7. The van der Waals surface area contributed by atoms with Crippen LogP contribution in [0.5, 0.6) is 0 Å². The lowest BCUT2D eigenvalue weighted by atomic mass is 9.94. The van der Waals surface area contributed by atoms with Crippen LogP contribution in [-0.2, 0) is 9.59 Å². The molecule has 0 saturated carbocycles. The van der Waals surface area contributed by atoms with Crippen LogP contribution in [0.25, 0.3) is 0 Å². The number of fused-ring (bicyclic) bond motifs is 1. The van der Waals surface area contributed by atoms with Crippen LogP contribution < -0.4 is 11.1 Å². The van der Waals surface area contributed by atoms with Crippen molar-refractivity contribution in [2.24, 2.45) is 16.6 Å². The van der Waals surface area contributed by atoms with Gasteiger partial charge in [-0.3, -0.25) is 14.7 Å². The van der Waals surface area contributed by atoms with Crippen molar-refractivity contribution in [1.29, 1.82) is 0 Å². The van der Waals surface area contributed by atoms with E-state index in [0.29, 0.717) is 18.0 Å². The third kappa shape index (κ3) is 1.67. The standard InChI is InChI=1S/C11H14N4O3S/c1-4-6(11(17)18)15-9(16)5(8-13-2-3-14-8)10(15)19-7(4)12/h5,7,10H,2-3,12H2,1H3,(H,13,14)(H,17,18)/t5?,7?,10-/m1/s1. The zero-order valence-corrected chi connectivity index (χ0v) is 11.1. The van der Waals surface area contributed by atoms with Crippen LogP contribution in [0.15, 0.2) is 16.3 Å². The molecule has 3 aliphatic heterocycles. The molecule has 1 amide bonds. The van der Waals surface area contributed by atoms with Gasteiger partial charge in [-0.15, -0.1) is 11.8 Å². The Morgan fingerprint density at radius 3 is 2.95 bits per heavy atom. The Morgan fingerprint density at radius 1 is 1.63 bits per heavy atom. The first-order valence-corrected chi connectivity index (χ1v) is 6.93. The summed E-state index contributed by atoms with van der Waals surface area (Å²) in [4.78, 5) is 29.1. The van der Waals surface area contributed by atoms with E-state index in [0.717, 1.165) is 6.54 Å². The molecule has 1 fully saturated rings. The predicted octanol–water partition coefficient (Wildman–Crippen LogP) is -0.837. The molecule has 3 aliphatic rings. The average molecular weight is 282 g/mol. The van der Waals surface area contributed by atoms with Gasteiger partial charge in [-0.05, 0) is 12.5 Å². The summed E-state index contributed by atoms with van der Waals surface area (Å²) in [5.74, 6) is -1.04. The van der Waals surface area contributed by atoms with E-state index in [1.54, 1.807) is 6.92 Å². The van der Waals surface area contributed by atoms with Crippen molar-refractivity contribution in [3.8, 4) is 0 Å². The number of nitrogens with one attached hydrogen (secondary N) is 1. The Bertz CT molecular complexity index is 530. The second-order valence-electron chi connectivity index (χ2n) is 4.66. The molecule has 3 heterocycles. The number of carbonyl (C=O) groups excluding carboxylic acids is 1. The molecule has 19 heavy (non-hydrogen) atoms. The summed E-state index contributed by atoms with van der Waals surface area (Å²) in [6, 6.07) is 0. The summed E-state index contributed by atoms with van der Waals surface area (Å²) in [5, 5.41) is 11.7. The number of amidine groups is 1. The minimum atomic E-state index is -1.11. The second kappa shape index (κ2) is 4.24. The number of nitrogens with two attached hydrogens (primary N) is 1. The SMILES string of the molecule is CC1=C(C(=O)O)N2C(=O)C(C3=NCCN3)[C@H]2SC1N. The third-order valence-electron chi connectivity index (χ3n) is 3.57. The van der Waals surface area contributed by atoms with Crippen molar-refractivity contribution in [3.05, 3.63) is 11.3 Å². The normalized spacial score (nSPS) is 33.6. The fourth-order valence-electron chi connectivity index (χ4n) is 2.57. The molecule has 102 valence electrons. The van der Waals surface area contributed by atoms with Gasteiger partial charge >= 0.3 is 5.97 Å². The molecular weight excluding hydrogens is 268 g/mol. The van der Waals surface area contributed by atoms with E-state index in [2.05, 4.69) is 10.3 Å². The molecule has 3 atom stereocenters. The van der Waals surface area contributed by atoms with Gasteiger partial charge in [-0.2, -0.15) is 0 Å². The van der Waals surface area contributed by atoms with E-state index in [4.69, 9.17) is 5.73 Å². The lowest BCUT2D eigenvalue weighted by Crippen LogP contribution is -2.66. The Morgan fingerprint density at radius 2 is 2.37 bits per heavy atom. The van der Waals surface area contributed by atoms with Crippen LogP contribution in [0.4, 0.5) is 0 Å². The zero-order valence-electron chi connectivity index (χ0n) is 10.3. The molecule has 0 aromatic heterocycles. The van der Waals surface area contributed by atoms with Crippen LogP contribution in [0.2, 0.25) is 0 Å². The monoisotopic (exact) mass is 282 g/mol. The summed E-state index contributed by atoms with van der Waals surface area (Å²) in [5.41, 5.74) is 6.50. The number of nitrogens with zero attached hydrogens (tertiary/aromatic N) is 2. The Kier molecular flexibility index (Phi) is 2.79. The number of carboxylic acids is 1. The van der Waals surface area contributed by atoms with Gasteiger partial charge in [0.15, 0.2) is 0 Å². The van der Waals surface area contributed by atoms with Gasteiger partial charge in [0.05, 0.1) is 11.9 Å². The topological polar surface area (TPSA) is 108 Å². The lowest BCUT2D eigenvalue weighted by Gasteiger charge is -2.50. The fraction of sp³-hybridized carbons (Fsp3) is 0.545. The maximum atomic E-state index is 12.2. The number of thioether (sulfide) groups is 1. The number of rotatable bonds is 2. The minimum Gasteiger partial charge on any atom is -0.477 e. The van der Waals surface area contributed by atoms with Crippen LogP contribution in [0, 0.1) is 5.92 Å². The molecule has 4 N–H and O–H groups in total. The van der Waals surface area contributed by atoms with Crippen LogP contribution in [0.3, 0.4) is 0 Å². The second-order valence-corrected chi connectivity index (χ2v) is 5.93. The molecule has 2 unspecified atom stereocenters. The van der Waals surface area contributed by atoms with E-state index >= 15 is 0 Å². The fourth-order valence-corrected chi connectivity index (χ4v) is 3.92. The van der Waals surface area contributed by atoms with Gasteiger partial charge in [-0.1, -0.05) is 0 Å². The highest BCUT2D eigenvalue weighted by molar-refractivity contribution is 8.00. The minimum absolute atomic E-state index is 0.0242. The first-order chi connectivity index (χ1) is 9.02. The highest BCUT2D eigenvalue weighted by Gasteiger charge is 2.56. The van der Waals surface area contributed by atoms with Crippen LogP contribution in [-0.4, -0.2) is 51.6 Å². The van der Waals surface area contributed by atoms with Gasteiger partial charge in [0.2, 0.25) is 5.91 Å². The molecule has 1 saturated heterocycles. The molecule has 0 aliphatic carbocycles. The number of aliphatic imine (C=N–C) groups is 1. The van der Waals surface area contributed by atoms with Gasteiger partial charge in [-0.25, -0.2) is 4.79 Å². The van der Waals surface area contributed by atoms with E-state index in [9.17, 15) is 14.7 Å². The molecular formula is C11H14N4O3S. The van der Waals surface area contributed by atoms with Crippen LogP contribution >= 0.6 is 11.8 Å². The van der Waals surface area contributed by atoms with Gasteiger partial charge in [0.1, 0.15) is 22.8 Å². The smallest absolute Gasteiger partial charge is 0.352 e. The molecule has 0 aromatic rings. The quantitative estimate of drug-likeness (QED) is 0.570. The van der Waals surface area contributed by atoms with Crippen molar-refractivity contribution in [2.45, 2.75) is 17.7 Å². The van der Waals surface area contributed by atoms with E-state index in [-0.39, 0.29) is 22.9 Å². The molecule has 0 spiro atoms. The number of aliphatic carboxylic acids is 1. The van der Waals surface area contributed by atoms with Crippen LogP contribution in [0.1, 0.15) is 6.92 Å². The van der Waals surface area contributed by atoms with Crippen molar-refractivity contribution in [1.82, 2.24) is 10.2 Å². The van der Waals surface area contributed by atoms with Crippen molar-refractivity contribution in [2.75, 3.05) is 13.1 Å². The van der Waals surface area contributed by atoms with Gasteiger partial charge < -0.3 is 16.2 Å². The van der Waals surface area contributed by atoms with Crippen molar-refractivity contribution >= 4 is 29.5 Å². The highest BCUT2D eigenvalue weighted by atomic mass is 32.2. The summed E-state index contributed by atoms with van der Waals surface area (Å²) in [6.45, 7) is 3.04. The Balaban J connectivity index is 1.94. The lowest BCUT2D eigenvalue weighted by molar-refractivity contribution is -0.149. The molecule has 0 radical (unpaired) electrons. The number of hydrogen-bond acceptors (Lipinski definition) is 6. The number of carboxylic acid groups (broad SMARTS) is 1. The summed E-state index contributed by atoms with van der Waals surface area (Å²) in [6.07, 6.45) is 0. The molecule has 0 aromatic carbocycles. The van der Waals surface area contributed by atoms with E-state index in [1.165, 1.54) is 16.7 Å². The molecule has 3 rings (SSSR count). The Hall–Kier alpha value is -1.54. The summed E-state index contributed by atoms with van der Waals surface area (Å²) >= 11 is 1.40. The average Bonchev–Trinajstić information content (AvgIpc) is 2.86. The maximum Gasteiger partial charge on any atom is 0.352 e. The molecule has 0 bridgehead atoms. The predicted molar refractivity (Wildman–Crippen MR) is 70.3 cm³/mol. The first kappa shape index (κ1) is 12.5. The highest BCUT2D eigenvalue weighted by Crippen LogP contribution is 2.45. The van der Waals surface area contributed by atoms with Gasteiger partial charge in [0, 0.05) is 6.54 Å². The van der Waals surface area contributed by atoms with Crippen molar-refractivity contribution in [3.63, 3.8) is 0 Å².